The smallest absolute Gasteiger partial charge is 0.249 e. The molecule has 2 aromatic rings. The number of fused-ring (bicyclic) bond motifs is 1. The fourth-order valence-electron chi connectivity index (χ4n) is 3.26. The number of nitrogens with one attached hydrogen (secondary N) is 1. The van der Waals surface area contributed by atoms with Crippen molar-refractivity contribution in [2.24, 2.45) is 5.92 Å². The van der Waals surface area contributed by atoms with E-state index in [0.29, 0.717) is 11.6 Å². The molecule has 1 aliphatic rings. The van der Waals surface area contributed by atoms with Crippen molar-refractivity contribution in [3.8, 4) is 0 Å². The Morgan fingerprint density at radius 3 is 2.50 bits per heavy atom. The van der Waals surface area contributed by atoms with Crippen LogP contribution in [0.25, 0.3) is 0 Å². The molecule has 2 aromatic carbocycles. The first-order valence-electron chi connectivity index (χ1n) is 8.89. The highest BCUT2D eigenvalue weighted by atomic mass is 35.5. The number of carbonyl (C=O) groups is 2. The van der Waals surface area contributed by atoms with E-state index in [1.54, 1.807) is 17.0 Å². The Morgan fingerprint density at radius 1 is 1.12 bits per heavy atom. The number of carbonyl (C=O) groups excluding carboxylic acids is 2. The molecule has 136 valence electrons. The lowest BCUT2D eigenvalue weighted by atomic mass is 10.0. The topological polar surface area (TPSA) is 49.4 Å². The number of hydrogen-bond acceptors (Lipinski definition) is 2. The first-order valence-corrected chi connectivity index (χ1v) is 9.26. The van der Waals surface area contributed by atoms with Crippen molar-refractivity contribution in [3.63, 3.8) is 0 Å². The largest absolute Gasteiger partial charge is 0.344 e. The molecule has 0 unspecified atom stereocenters. The van der Waals surface area contributed by atoms with E-state index < -0.39 is 6.04 Å². The Labute approximate surface area is 159 Å². The van der Waals surface area contributed by atoms with Crippen LogP contribution in [0.4, 0.5) is 5.69 Å². The Hall–Kier alpha value is -2.33. The van der Waals surface area contributed by atoms with Crippen LogP contribution < -0.4 is 10.2 Å². The highest BCUT2D eigenvalue weighted by Crippen LogP contribution is 2.28. The average Bonchev–Trinajstić information content (AvgIpc) is 3.05. The van der Waals surface area contributed by atoms with Gasteiger partial charge in [0.1, 0.15) is 6.04 Å². The van der Waals surface area contributed by atoms with Crippen molar-refractivity contribution in [3.05, 3.63) is 64.7 Å². The SMILES string of the molecule is CC(C)[C@@H](NC(=O)Cc1ccc(Cl)cc1)C(=O)N1CCc2ccccc21. The molecular formula is C21H23ClN2O2. The molecule has 0 fully saturated rings. The van der Waals surface area contributed by atoms with Crippen molar-refractivity contribution in [1.82, 2.24) is 5.32 Å². The van der Waals surface area contributed by atoms with Gasteiger partial charge in [0.2, 0.25) is 11.8 Å². The third-order valence-corrected chi connectivity index (χ3v) is 4.93. The molecule has 26 heavy (non-hydrogen) atoms. The van der Waals surface area contributed by atoms with Crippen LogP contribution in [0.3, 0.4) is 0 Å². The molecule has 0 saturated carbocycles. The van der Waals surface area contributed by atoms with Crippen LogP contribution in [-0.2, 0) is 22.4 Å². The van der Waals surface area contributed by atoms with Gasteiger partial charge in [0, 0.05) is 17.3 Å². The molecule has 3 rings (SSSR count). The first-order chi connectivity index (χ1) is 12.5. The maximum Gasteiger partial charge on any atom is 0.249 e. The van der Waals surface area contributed by atoms with Crippen LogP contribution in [0.1, 0.15) is 25.0 Å². The minimum Gasteiger partial charge on any atom is -0.344 e. The lowest BCUT2D eigenvalue weighted by Gasteiger charge is -2.27. The Morgan fingerprint density at radius 2 is 1.81 bits per heavy atom. The molecule has 0 radical (unpaired) electrons. The van der Waals surface area contributed by atoms with E-state index in [2.05, 4.69) is 5.32 Å². The van der Waals surface area contributed by atoms with Gasteiger partial charge >= 0.3 is 0 Å². The summed E-state index contributed by atoms with van der Waals surface area (Å²) >= 11 is 5.88. The lowest BCUT2D eigenvalue weighted by molar-refractivity contribution is -0.128. The van der Waals surface area contributed by atoms with E-state index >= 15 is 0 Å². The van der Waals surface area contributed by atoms with Crippen LogP contribution in [0.5, 0.6) is 0 Å². The molecule has 0 saturated heterocycles. The van der Waals surface area contributed by atoms with Gasteiger partial charge in [-0.3, -0.25) is 9.59 Å². The van der Waals surface area contributed by atoms with E-state index in [1.807, 2.05) is 50.2 Å². The number of nitrogens with zero attached hydrogens (tertiary/aromatic N) is 1. The molecule has 5 heteroatoms. The van der Waals surface area contributed by atoms with Crippen LogP contribution in [0.2, 0.25) is 5.02 Å². The maximum atomic E-state index is 13.1. The molecule has 0 bridgehead atoms. The summed E-state index contributed by atoms with van der Waals surface area (Å²) in [7, 11) is 0. The molecule has 1 heterocycles. The number of rotatable bonds is 5. The van der Waals surface area contributed by atoms with Gasteiger partial charge in [-0.1, -0.05) is 55.8 Å². The van der Waals surface area contributed by atoms with Gasteiger partial charge in [-0.15, -0.1) is 0 Å². The summed E-state index contributed by atoms with van der Waals surface area (Å²) in [5, 5.41) is 3.56. The number of anilines is 1. The second kappa shape index (κ2) is 7.92. The van der Waals surface area contributed by atoms with Crippen molar-refractivity contribution >= 4 is 29.1 Å². The minimum atomic E-state index is -0.541. The van der Waals surface area contributed by atoms with Crippen molar-refractivity contribution in [2.45, 2.75) is 32.7 Å². The fraction of sp³-hybridized carbons (Fsp3) is 0.333. The quantitative estimate of drug-likeness (QED) is 0.874. The number of para-hydroxylation sites is 1. The second-order valence-electron chi connectivity index (χ2n) is 6.96. The van der Waals surface area contributed by atoms with Gasteiger partial charge in [0.05, 0.1) is 6.42 Å². The number of benzene rings is 2. The zero-order valence-electron chi connectivity index (χ0n) is 15.0. The van der Waals surface area contributed by atoms with Crippen LogP contribution in [0.15, 0.2) is 48.5 Å². The van der Waals surface area contributed by atoms with Gasteiger partial charge in [-0.05, 0) is 41.7 Å². The van der Waals surface area contributed by atoms with E-state index in [-0.39, 0.29) is 24.2 Å². The van der Waals surface area contributed by atoms with Gasteiger partial charge in [0.15, 0.2) is 0 Å². The van der Waals surface area contributed by atoms with Gasteiger partial charge in [-0.25, -0.2) is 0 Å². The number of halogens is 1. The lowest BCUT2D eigenvalue weighted by Crippen LogP contribution is -2.51. The maximum absolute atomic E-state index is 13.1. The standard InChI is InChI=1S/C21H23ClN2O2/c1-14(2)20(23-19(25)13-15-7-9-17(22)10-8-15)21(26)24-12-11-16-5-3-4-6-18(16)24/h3-10,14,20H,11-13H2,1-2H3,(H,23,25)/t20-/m1/s1. The predicted molar refractivity (Wildman–Crippen MR) is 104 cm³/mol. The van der Waals surface area contributed by atoms with Crippen molar-refractivity contribution in [2.75, 3.05) is 11.4 Å². The zero-order chi connectivity index (χ0) is 18.7. The van der Waals surface area contributed by atoms with Crippen LogP contribution in [-0.4, -0.2) is 24.4 Å². The van der Waals surface area contributed by atoms with E-state index in [4.69, 9.17) is 11.6 Å². The first kappa shape index (κ1) is 18.5. The highest BCUT2D eigenvalue weighted by Gasteiger charge is 2.32. The number of hydrogen-bond donors (Lipinski definition) is 1. The van der Waals surface area contributed by atoms with Crippen molar-refractivity contribution < 1.29 is 9.59 Å². The minimum absolute atomic E-state index is 0.00410. The van der Waals surface area contributed by atoms with Gasteiger partial charge in [0.25, 0.3) is 0 Å². The monoisotopic (exact) mass is 370 g/mol. The summed E-state index contributed by atoms with van der Waals surface area (Å²) < 4.78 is 0. The van der Waals surface area contributed by atoms with Crippen molar-refractivity contribution in [1.29, 1.82) is 0 Å². The normalized spacial score (nSPS) is 14.2. The van der Waals surface area contributed by atoms with E-state index in [9.17, 15) is 9.59 Å². The summed E-state index contributed by atoms with van der Waals surface area (Å²) in [6.45, 7) is 4.56. The summed E-state index contributed by atoms with van der Waals surface area (Å²) in [6.07, 6.45) is 1.08. The van der Waals surface area contributed by atoms with E-state index in [1.165, 1.54) is 5.56 Å². The molecule has 0 spiro atoms. The molecule has 2 amide bonds. The highest BCUT2D eigenvalue weighted by molar-refractivity contribution is 6.30. The third-order valence-electron chi connectivity index (χ3n) is 4.68. The summed E-state index contributed by atoms with van der Waals surface area (Å²) in [4.78, 5) is 27.3. The predicted octanol–water partition coefficient (Wildman–Crippen LogP) is 3.61. The Kier molecular flexibility index (Phi) is 5.62. The number of amides is 2. The van der Waals surface area contributed by atoms with Crippen LogP contribution in [0, 0.1) is 5.92 Å². The van der Waals surface area contributed by atoms with Gasteiger partial charge in [-0.2, -0.15) is 0 Å². The van der Waals surface area contributed by atoms with Crippen LogP contribution >= 0.6 is 11.6 Å². The van der Waals surface area contributed by atoms with E-state index in [0.717, 1.165) is 17.7 Å². The zero-order valence-corrected chi connectivity index (χ0v) is 15.8. The van der Waals surface area contributed by atoms with Gasteiger partial charge < -0.3 is 10.2 Å². The molecule has 1 atom stereocenters. The molecular weight excluding hydrogens is 348 g/mol. The Balaban J connectivity index is 1.70. The fourth-order valence-corrected chi connectivity index (χ4v) is 3.39. The molecule has 1 aliphatic heterocycles. The summed E-state index contributed by atoms with van der Waals surface area (Å²) in [5.74, 6) is -0.203. The molecule has 1 N–H and O–H groups in total. The molecule has 0 aliphatic carbocycles. The summed E-state index contributed by atoms with van der Waals surface area (Å²) in [6, 6.07) is 14.6. The second-order valence-corrected chi connectivity index (χ2v) is 7.40. The third kappa shape index (κ3) is 4.07. The average molecular weight is 371 g/mol. The summed E-state index contributed by atoms with van der Waals surface area (Å²) in [5.41, 5.74) is 3.00. The Bertz CT molecular complexity index is 802. The molecule has 4 nitrogen and oxygen atoms in total. The molecule has 0 aromatic heterocycles.